The minimum absolute atomic E-state index is 0.0659. The van der Waals surface area contributed by atoms with Gasteiger partial charge in [0, 0.05) is 29.9 Å². The molecule has 0 saturated heterocycles. The number of thiazole rings is 1. The first kappa shape index (κ1) is 20.7. The van der Waals surface area contributed by atoms with Gasteiger partial charge in [0.05, 0.1) is 11.2 Å². The molecule has 1 aromatic carbocycles. The minimum Gasteiger partial charge on any atom is -0.346 e. The normalized spacial score (nSPS) is 10.8. The molecule has 0 aliphatic heterocycles. The van der Waals surface area contributed by atoms with E-state index in [-0.39, 0.29) is 17.4 Å². The quantitative estimate of drug-likeness (QED) is 0.298. The summed E-state index contributed by atoms with van der Waals surface area (Å²) in [6.45, 7) is 2.43. The Morgan fingerprint density at radius 3 is 2.72 bits per heavy atom. The second-order valence-corrected chi connectivity index (χ2v) is 7.53. The van der Waals surface area contributed by atoms with Crippen molar-refractivity contribution in [2.24, 2.45) is 0 Å². The van der Waals surface area contributed by atoms with Crippen LogP contribution in [0.3, 0.4) is 0 Å². The van der Waals surface area contributed by atoms with Crippen molar-refractivity contribution in [1.82, 2.24) is 15.0 Å². The SMILES string of the molecule is Cc1csc(NC(=O)c2cn(CCCCCC(=O)NO)c3ccccc3c2=O)n1. The number of carbonyl (C=O) groups is 2. The zero-order valence-corrected chi connectivity index (χ0v) is 16.8. The van der Waals surface area contributed by atoms with Gasteiger partial charge < -0.3 is 4.57 Å². The summed E-state index contributed by atoms with van der Waals surface area (Å²) in [5, 5.41) is 14.0. The number of aryl methyl sites for hydroxylation is 2. The highest BCUT2D eigenvalue weighted by Crippen LogP contribution is 2.17. The first-order valence-corrected chi connectivity index (χ1v) is 10.2. The van der Waals surface area contributed by atoms with Crippen LogP contribution in [0.2, 0.25) is 0 Å². The highest BCUT2D eigenvalue weighted by Gasteiger charge is 2.16. The maximum Gasteiger partial charge on any atom is 0.262 e. The van der Waals surface area contributed by atoms with Crippen LogP contribution >= 0.6 is 11.3 Å². The lowest BCUT2D eigenvalue weighted by Crippen LogP contribution is -2.24. The van der Waals surface area contributed by atoms with Crippen LogP contribution in [0.1, 0.15) is 41.7 Å². The largest absolute Gasteiger partial charge is 0.346 e. The Bertz CT molecular complexity index is 1090. The predicted octanol–water partition coefficient (Wildman–Crippen LogP) is 3.08. The molecule has 0 fully saturated rings. The first-order chi connectivity index (χ1) is 14.0. The second-order valence-electron chi connectivity index (χ2n) is 6.68. The van der Waals surface area contributed by atoms with Crippen molar-refractivity contribution in [2.45, 2.75) is 39.2 Å². The van der Waals surface area contributed by atoms with E-state index in [1.165, 1.54) is 11.3 Å². The van der Waals surface area contributed by atoms with Gasteiger partial charge in [0.25, 0.3) is 5.91 Å². The number of hydroxylamine groups is 1. The van der Waals surface area contributed by atoms with E-state index in [4.69, 9.17) is 5.21 Å². The maximum absolute atomic E-state index is 12.8. The summed E-state index contributed by atoms with van der Waals surface area (Å²) in [6, 6.07) is 7.18. The van der Waals surface area contributed by atoms with E-state index < -0.39 is 11.8 Å². The number of rotatable bonds is 8. The third kappa shape index (κ3) is 5.07. The number of unbranched alkanes of at least 4 members (excludes halogenated alkanes) is 2. The lowest BCUT2D eigenvalue weighted by Gasteiger charge is -2.13. The molecule has 0 saturated carbocycles. The van der Waals surface area contributed by atoms with Gasteiger partial charge in [0.2, 0.25) is 11.3 Å². The summed E-state index contributed by atoms with van der Waals surface area (Å²) in [7, 11) is 0. The molecule has 0 aliphatic carbocycles. The van der Waals surface area contributed by atoms with E-state index in [1.807, 2.05) is 29.0 Å². The Labute approximate surface area is 171 Å². The van der Waals surface area contributed by atoms with Gasteiger partial charge in [0.15, 0.2) is 5.13 Å². The van der Waals surface area contributed by atoms with Crippen LogP contribution < -0.4 is 16.2 Å². The Balaban J connectivity index is 1.81. The molecule has 0 radical (unpaired) electrons. The van der Waals surface area contributed by atoms with E-state index in [0.29, 0.717) is 23.5 Å². The zero-order chi connectivity index (χ0) is 20.8. The van der Waals surface area contributed by atoms with Gasteiger partial charge in [-0.05, 0) is 31.9 Å². The first-order valence-electron chi connectivity index (χ1n) is 9.28. The summed E-state index contributed by atoms with van der Waals surface area (Å²) >= 11 is 1.31. The lowest BCUT2D eigenvalue weighted by molar-refractivity contribution is -0.129. The van der Waals surface area contributed by atoms with Crippen molar-refractivity contribution >= 4 is 39.2 Å². The molecule has 3 aromatic rings. The molecule has 29 heavy (non-hydrogen) atoms. The molecule has 2 aromatic heterocycles. The van der Waals surface area contributed by atoms with Gasteiger partial charge >= 0.3 is 0 Å². The summed E-state index contributed by atoms with van der Waals surface area (Å²) in [5.74, 6) is -0.890. The summed E-state index contributed by atoms with van der Waals surface area (Å²) in [5.41, 5.74) is 2.92. The number of aromatic nitrogens is 2. The molecule has 0 bridgehead atoms. The van der Waals surface area contributed by atoms with Gasteiger partial charge in [-0.2, -0.15) is 0 Å². The second kappa shape index (κ2) is 9.44. The van der Waals surface area contributed by atoms with Crippen molar-refractivity contribution in [3.05, 3.63) is 57.3 Å². The molecule has 3 rings (SSSR count). The van der Waals surface area contributed by atoms with Crippen molar-refractivity contribution < 1.29 is 14.8 Å². The molecule has 0 spiro atoms. The molecule has 0 atom stereocenters. The fourth-order valence-corrected chi connectivity index (χ4v) is 3.75. The summed E-state index contributed by atoms with van der Waals surface area (Å²) in [4.78, 5) is 40.8. The molecule has 0 aliphatic rings. The monoisotopic (exact) mass is 414 g/mol. The zero-order valence-electron chi connectivity index (χ0n) is 16.0. The number of carbonyl (C=O) groups excluding carboxylic acids is 2. The van der Waals surface area contributed by atoms with Gasteiger partial charge in [0.1, 0.15) is 5.56 Å². The van der Waals surface area contributed by atoms with E-state index in [2.05, 4.69) is 10.3 Å². The highest BCUT2D eigenvalue weighted by atomic mass is 32.1. The number of anilines is 1. The molecule has 152 valence electrons. The number of para-hydroxylation sites is 1. The summed E-state index contributed by atoms with van der Waals surface area (Å²) in [6.07, 6.45) is 4.01. The Hall–Kier alpha value is -3.04. The number of fused-ring (bicyclic) bond motifs is 1. The van der Waals surface area contributed by atoms with Crippen molar-refractivity contribution in [1.29, 1.82) is 0 Å². The van der Waals surface area contributed by atoms with Crippen molar-refractivity contribution in [2.75, 3.05) is 5.32 Å². The predicted molar refractivity (Wildman–Crippen MR) is 111 cm³/mol. The van der Waals surface area contributed by atoms with E-state index in [0.717, 1.165) is 24.1 Å². The van der Waals surface area contributed by atoms with Crippen LogP contribution in [-0.4, -0.2) is 26.6 Å². The summed E-state index contributed by atoms with van der Waals surface area (Å²) < 4.78 is 1.89. The molecule has 3 N–H and O–H groups in total. The number of hydrogen-bond acceptors (Lipinski definition) is 6. The molecular formula is C20H22N4O4S. The van der Waals surface area contributed by atoms with Crippen LogP contribution in [0.4, 0.5) is 5.13 Å². The average molecular weight is 414 g/mol. The van der Waals surface area contributed by atoms with Crippen LogP contribution in [0, 0.1) is 6.92 Å². The standard InChI is InChI=1S/C20H22N4O4S/c1-13-12-29-20(21-13)22-19(27)15-11-24(10-6-2-3-9-17(25)23-28)16-8-5-4-7-14(16)18(15)26/h4-5,7-8,11-12,28H,2-3,6,9-10H2,1H3,(H,23,25)(H,21,22,27). The minimum atomic E-state index is -0.483. The van der Waals surface area contributed by atoms with E-state index in [1.54, 1.807) is 23.8 Å². The van der Waals surface area contributed by atoms with Crippen LogP contribution in [0.25, 0.3) is 10.9 Å². The van der Waals surface area contributed by atoms with Gasteiger partial charge in [-0.25, -0.2) is 10.5 Å². The molecule has 9 heteroatoms. The van der Waals surface area contributed by atoms with Crippen molar-refractivity contribution in [3.8, 4) is 0 Å². The number of amides is 2. The Morgan fingerprint density at radius 2 is 2.00 bits per heavy atom. The number of nitrogens with one attached hydrogen (secondary N) is 2. The van der Waals surface area contributed by atoms with E-state index >= 15 is 0 Å². The molecule has 8 nitrogen and oxygen atoms in total. The topological polar surface area (TPSA) is 113 Å². The fourth-order valence-electron chi connectivity index (χ4n) is 3.07. The lowest BCUT2D eigenvalue weighted by atomic mass is 10.1. The highest BCUT2D eigenvalue weighted by molar-refractivity contribution is 7.13. The molecule has 2 heterocycles. The molecule has 2 amide bonds. The maximum atomic E-state index is 12.8. The molecule has 0 unspecified atom stereocenters. The number of pyridine rings is 1. The molecular weight excluding hydrogens is 392 g/mol. The number of benzene rings is 1. The third-order valence-electron chi connectivity index (χ3n) is 4.50. The van der Waals surface area contributed by atoms with Gasteiger partial charge in [-0.1, -0.05) is 18.6 Å². The van der Waals surface area contributed by atoms with Crippen molar-refractivity contribution in [3.63, 3.8) is 0 Å². The number of hydrogen-bond donors (Lipinski definition) is 3. The van der Waals surface area contributed by atoms with Crippen LogP contribution in [-0.2, 0) is 11.3 Å². The third-order valence-corrected chi connectivity index (χ3v) is 5.37. The number of nitrogens with zero attached hydrogens (tertiary/aromatic N) is 2. The smallest absolute Gasteiger partial charge is 0.262 e. The fraction of sp³-hybridized carbons (Fsp3) is 0.300. The van der Waals surface area contributed by atoms with Gasteiger partial charge in [-0.3, -0.25) is 24.9 Å². The Morgan fingerprint density at radius 1 is 1.21 bits per heavy atom. The van der Waals surface area contributed by atoms with Crippen LogP contribution in [0.5, 0.6) is 0 Å². The van der Waals surface area contributed by atoms with Gasteiger partial charge in [-0.15, -0.1) is 11.3 Å². The Kier molecular flexibility index (Phi) is 6.73. The average Bonchev–Trinajstić information content (AvgIpc) is 3.13. The van der Waals surface area contributed by atoms with E-state index in [9.17, 15) is 14.4 Å². The van der Waals surface area contributed by atoms with Crippen LogP contribution in [0.15, 0.2) is 40.6 Å².